The number of aliphatic carboxylic acids is 1. The molecule has 0 amide bonds. The molecule has 0 bridgehead atoms. The molecule has 1 heterocycles. The highest BCUT2D eigenvalue weighted by atomic mass is 16.6. The van der Waals surface area contributed by atoms with E-state index < -0.39 is 10.9 Å². The number of aromatic nitrogens is 1. The molecule has 0 spiro atoms. The molecule has 1 aromatic heterocycles. The van der Waals surface area contributed by atoms with E-state index in [1.807, 2.05) is 13.8 Å². The van der Waals surface area contributed by atoms with Gasteiger partial charge >= 0.3 is 11.7 Å². The summed E-state index contributed by atoms with van der Waals surface area (Å²) in [6.07, 6.45) is 3.43. The lowest BCUT2D eigenvalue weighted by Crippen LogP contribution is -2.20. The Kier molecular flexibility index (Phi) is 5.89. The lowest BCUT2D eigenvalue weighted by Gasteiger charge is -2.18. The van der Waals surface area contributed by atoms with Crippen LogP contribution in [-0.4, -0.2) is 27.5 Å². The lowest BCUT2D eigenvalue weighted by molar-refractivity contribution is -0.384. The number of pyridine rings is 1. The van der Waals surface area contributed by atoms with Crippen LogP contribution in [-0.2, 0) is 4.79 Å². The Morgan fingerprint density at radius 2 is 2.25 bits per heavy atom. The molecule has 0 saturated heterocycles. The van der Waals surface area contributed by atoms with Gasteiger partial charge in [-0.3, -0.25) is 19.9 Å². The Balaban J connectivity index is 2.71. The summed E-state index contributed by atoms with van der Waals surface area (Å²) in [4.78, 5) is 24.9. The van der Waals surface area contributed by atoms with E-state index in [0.717, 1.165) is 6.42 Å². The van der Waals surface area contributed by atoms with E-state index in [-0.39, 0.29) is 18.0 Å². The van der Waals surface area contributed by atoms with E-state index in [9.17, 15) is 14.9 Å². The quantitative estimate of drug-likeness (QED) is 0.560. The second kappa shape index (κ2) is 7.42. The number of nitrogens with zero attached hydrogens (tertiary/aromatic N) is 2. The van der Waals surface area contributed by atoms with Crippen molar-refractivity contribution in [1.82, 2.24) is 4.98 Å². The van der Waals surface area contributed by atoms with Crippen LogP contribution in [0.1, 0.15) is 26.7 Å². The second-order valence-electron chi connectivity index (χ2n) is 5.12. The number of anilines is 1. The first-order valence-electron chi connectivity index (χ1n) is 6.44. The fourth-order valence-electron chi connectivity index (χ4n) is 2.09. The first kappa shape index (κ1) is 15.9. The molecule has 1 aromatic rings. The van der Waals surface area contributed by atoms with Crippen LogP contribution in [0, 0.1) is 22.0 Å². The monoisotopic (exact) mass is 281 g/mol. The molecule has 0 aliphatic rings. The summed E-state index contributed by atoms with van der Waals surface area (Å²) in [5, 5.41) is 22.7. The van der Waals surface area contributed by atoms with E-state index >= 15 is 0 Å². The largest absolute Gasteiger partial charge is 0.481 e. The Bertz CT molecular complexity index is 476. The molecule has 1 rings (SSSR count). The van der Waals surface area contributed by atoms with Gasteiger partial charge in [-0.2, -0.15) is 0 Å². The van der Waals surface area contributed by atoms with Gasteiger partial charge in [0.2, 0.25) is 0 Å². The third-order valence-corrected chi connectivity index (χ3v) is 2.85. The van der Waals surface area contributed by atoms with Gasteiger partial charge in [-0.15, -0.1) is 0 Å². The van der Waals surface area contributed by atoms with E-state index in [1.165, 1.54) is 18.5 Å². The molecule has 2 N–H and O–H groups in total. The highest BCUT2D eigenvalue weighted by Crippen LogP contribution is 2.23. The lowest BCUT2D eigenvalue weighted by atomic mass is 9.94. The molecule has 7 nitrogen and oxygen atoms in total. The van der Waals surface area contributed by atoms with Crippen molar-refractivity contribution in [3.63, 3.8) is 0 Å². The number of nitro groups is 1. The summed E-state index contributed by atoms with van der Waals surface area (Å²) in [7, 11) is 0. The maximum Gasteiger partial charge on any atom is 0.310 e. The molecule has 0 radical (unpaired) electrons. The highest BCUT2D eigenvalue weighted by molar-refractivity contribution is 5.67. The summed E-state index contributed by atoms with van der Waals surface area (Å²) in [6.45, 7) is 4.42. The molecule has 1 atom stereocenters. The Hall–Kier alpha value is -2.18. The van der Waals surface area contributed by atoms with E-state index in [2.05, 4.69) is 10.3 Å². The van der Waals surface area contributed by atoms with Gasteiger partial charge in [0.1, 0.15) is 11.9 Å². The van der Waals surface area contributed by atoms with Gasteiger partial charge in [0, 0.05) is 19.2 Å². The molecule has 110 valence electrons. The van der Waals surface area contributed by atoms with Crippen LogP contribution in [0.15, 0.2) is 18.5 Å². The van der Waals surface area contributed by atoms with Crippen LogP contribution in [0.25, 0.3) is 0 Å². The summed E-state index contributed by atoms with van der Waals surface area (Å²) >= 11 is 0. The maximum absolute atomic E-state index is 10.9. The van der Waals surface area contributed by atoms with Crippen molar-refractivity contribution in [2.45, 2.75) is 26.7 Å². The average molecular weight is 281 g/mol. The predicted molar refractivity (Wildman–Crippen MR) is 74.6 cm³/mol. The second-order valence-corrected chi connectivity index (χ2v) is 5.12. The van der Waals surface area contributed by atoms with Gasteiger partial charge in [0.15, 0.2) is 0 Å². The minimum absolute atomic E-state index is 0.0457. The number of hydrogen-bond acceptors (Lipinski definition) is 5. The SMILES string of the molecule is CC(C)CC(CNc1ccncc1[N+](=O)[O-])CC(=O)O. The normalized spacial score (nSPS) is 12.2. The van der Waals surface area contributed by atoms with E-state index in [0.29, 0.717) is 18.2 Å². The standard InChI is InChI=1S/C13H19N3O4/c1-9(2)5-10(6-13(17)18)7-15-11-3-4-14-8-12(11)16(19)20/h3-4,8-10H,5-7H2,1-2H3,(H,14,15)(H,17,18). The molecule has 20 heavy (non-hydrogen) atoms. The molecule has 0 aliphatic carbocycles. The van der Waals surface area contributed by atoms with Crippen molar-refractivity contribution in [1.29, 1.82) is 0 Å². The van der Waals surface area contributed by atoms with E-state index in [4.69, 9.17) is 5.11 Å². The molecule has 0 aromatic carbocycles. The minimum atomic E-state index is -0.860. The molecule has 1 unspecified atom stereocenters. The summed E-state index contributed by atoms with van der Waals surface area (Å²) in [5.74, 6) is -0.560. The van der Waals surface area contributed by atoms with Crippen molar-refractivity contribution >= 4 is 17.3 Å². The number of carboxylic acids is 1. The van der Waals surface area contributed by atoms with Crippen LogP contribution >= 0.6 is 0 Å². The molecule has 0 aliphatic heterocycles. The molecular weight excluding hydrogens is 262 g/mol. The van der Waals surface area contributed by atoms with E-state index in [1.54, 1.807) is 0 Å². The molecule has 0 saturated carbocycles. The van der Waals surface area contributed by atoms with Gasteiger partial charge in [-0.1, -0.05) is 13.8 Å². The van der Waals surface area contributed by atoms with Gasteiger partial charge in [0.25, 0.3) is 0 Å². The summed E-state index contributed by atoms with van der Waals surface area (Å²) in [5.41, 5.74) is 0.260. The third-order valence-electron chi connectivity index (χ3n) is 2.85. The fourth-order valence-corrected chi connectivity index (χ4v) is 2.09. The van der Waals surface area contributed by atoms with Crippen LogP contribution < -0.4 is 5.32 Å². The highest BCUT2D eigenvalue weighted by Gasteiger charge is 2.18. The zero-order chi connectivity index (χ0) is 15.1. The Morgan fingerprint density at radius 3 is 2.80 bits per heavy atom. The first-order chi connectivity index (χ1) is 9.40. The first-order valence-corrected chi connectivity index (χ1v) is 6.44. The third kappa shape index (κ3) is 5.21. The van der Waals surface area contributed by atoms with Crippen LogP contribution in [0.4, 0.5) is 11.4 Å². The Labute approximate surface area is 117 Å². The van der Waals surface area contributed by atoms with Crippen molar-refractivity contribution in [2.24, 2.45) is 11.8 Å². The topological polar surface area (TPSA) is 105 Å². The molecule has 7 heteroatoms. The van der Waals surface area contributed by atoms with Crippen molar-refractivity contribution < 1.29 is 14.8 Å². The van der Waals surface area contributed by atoms with Gasteiger partial charge in [0.05, 0.1) is 4.92 Å². The molecular formula is C13H19N3O4. The maximum atomic E-state index is 10.9. The van der Waals surface area contributed by atoms with Crippen molar-refractivity contribution in [3.05, 3.63) is 28.6 Å². The fraction of sp³-hybridized carbons (Fsp3) is 0.538. The Morgan fingerprint density at radius 1 is 1.55 bits per heavy atom. The summed E-state index contributed by atoms with van der Waals surface area (Å²) < 4.78 is 0. The van der Waals surface area contributed by atoms with Crippen LogP contribution in [0.5, 0.6) is 0 Å². The number of hydrogen-bond donors (Lipinski definition) is 2. The molecule has 0 fully saturated rings. The van der Waals surface area contributed by atoms with Gasteiger partial charge in [-0.25, -0.2) is 0 Å². The zero-order valence-electron chi connectivity index (χ0n) is 11.6. The zero-order valence-corrected chi connectivity index (χ0v) is 11.6. The van der Waals surface area contributed by atoms with Gasteiger partial charge in [-0.05, 0) is 24.3 Å². The average Bonchev–Trinajstić information content (AvgIpc) is 2.34. The van der Waals surface area contributed by atoms with Crippen molar-refractivity contribution in [2.75, 3.05) is 11.9 Å². The van der Waals surface area contributed by atoms with Crippen LogP contribution in [0.3, 0.4) is 0 Å². The predicted octanol–water partition coefficient (Wildman–Crippen LogP) is 2.54. The van der Waals surface area contributed by atoms with Gasteiger partial charge < -0.3 is 10.4 Å². The number of carbonyl (C=O) groups is 1. The number of carboxylic acid groups (broad SMARTS) is 1. The van der Waals surface area contributed by atoms with Crippen LogP contribution in [0.2, 0.25) is 0 Å². The minimum Gasteiger partial charge on any atom is -0.481 e. The number of nitrogens with one attached hydrogen (secondary N) is 1. The van der Waals surface area contributed by atoms with Crippen molar-refractivity contribution in [3.8, 4) is 0 Å². The number of rotatable bonds is 8. The summed E-state index contributed by atoms with van der Waals surface area (Å²) in [6, 6.07) is 1.52. The smallest absolute Gasteiger partial charge is 0.310 e.